The number of hydrogen-bond donors (Lipinski definition) is 0. The van der Waals surface area contributed by atoms with Crippen molar-refractivity contribution in [1.82, 2.24) is 9.80 Å². The summed E-state index contributed by atoms with van der Waals surface area (Å²) >= 11 is 18.2. The molecule has 4 rings (SSSR count). The number of methoxy groups -OCH3 is 1. The van der Waals surface area contributed by atoms with Gasteiger partial charge < -0.3 is 14.4 Å². The van der Waals surface area contributed by atoms with Gasteiger partial charge in [-0.05, 0) is 53.6 Å². The molecular formula is C27H27Cl3N2O3. The van der Waals surface area contributed by atoms with Crippen LogP contribution in [0.25, 0.3) is 0 Å². The van der Waals surface area contributed by atoms with E-state index in [2.05, 4.69) is 4.90 Å². The van der Waals surface area contributed by atoms with Gasteiger partial charge in [-0.25, -0.2) is 0 Å². The lowest BCUT2D eigenvalue weighted by molar-refractivity contribution is 0.00337. The summed E-state index contributed by atoms with van der Waals surface area (Å²) < 4.78 is 11.7. The molecule has 3 aromatic rings. The predicted octanol–water partition coefficient (Wildman–Crippen LogP) is 6.37. The number of ether oxygens (including phenoxy) is 2. The lowest BCUT2D eigenvalue weighted by Crippen LogP contribution is -2.49. The summed E-state index contributed by atoms with van der Waals surface area (Å²) in [6.07, 6.45) is -0.143. The quantitative estimate of drug-likeness (QED) is 0.337. The molecule has 1 fully saturated rings. The molecule has 0 radical (unpaired) electrons. The SMILES string of the molecule is COc1cccc(CO[C@H](CN2CCN(C(=O)c3ccc(Cl)c(Cl)c3)CC2)c2ccc(Cl)cc2)c1. The molecule has 1 atom stereocenters. The largest absolute Gasteiger partial charge is 0.497 e. The minimum Gasteiger partial charge on any atom is -0.497 e. The topological polar surface area (TPSA) is 42.0 Å². The lowest BCUT2D eigenvalue weighted by atomic mass is 10.1. The highest BCUT2D eigenvalue weighted by molar-refractivity contribution is 6.42. The zero-order valence-corrected chi connectivity index (χ0v) is 21.7. The van der Waals surface area contributed by atoms with Crippen molar-refractivity contribution in [2.24, 2.45) is 0 Å². The third-order valence-electron chi connectivity index (χ3n) is 6.08. The molecule has 35 heavy (non-hydrogen) atoms. The second-order valence-corrected chi connectivity index (χ2v) is 9.68. The van der Waals surface area contributed by atoms with Gasteiger partial charge in [-0.15, -0.1) is 0 Å². The van der Waals surface area contributed by atoms with E-state index in [4.69, 9.17) is 44.3 Å². The molecule has 0 bridgehead atoms. The van der Waals surface area contributed by atoms with Crippen molar-refractivity contribution in [3.63, 3.8) is 0 Å². The minimum absolute atomic E-state index is 0.0354. The van der Waals surface area contributed by atoms with Crippen molar-refractivity contribution < 1.29 is 14.3 Å². The molecule has 1 aliphatic heterocycles. The highest BCUT2D eigenvalue weighted by Crippen LogP contribution is 2.26. The van der Waals surface area contributed by atoms with Crippen LogP contribution in [0.3, 0.4) is 0 Å². The fraction of sp³-hybridized carbons (Fsp3) is 0.296. The maximum absolute atomic E-state index is 12.9. The third kappa shape index (κ3) is 6.90. The standard InChI is InChI=1S/C27H27Cl3N2O3/c1-34-23-4-2-3-19(15-23)18-35-26(20-5-8-22(28)9-6-20)17-31-11-13-32(14-12-31)27(33)21-7-10-24(29)25(30)16-21/h2-10,15-16,26H,11-14,17-18H2,1H3/t26-/m1/s1. The van der Waals surface area contributed by atoms with Crippen molar-refractivity contribution in [1.29, 1.82) is 0 Å². The maximum Gasteiger partial charge on any atom is 0.253 e. The molecule has 8 heteroatoms. The van der Waals surface area contributed by atoms with Gasteiger partial charge in [-0.2, -0.15) is 0 Å². The molecule has 0 aliphatic carbocycles. The van der Waals surface area contributed by atoms with Crippen molar-refractivity contribution in [2.75, 3.05) is 39.8 Å². The van der Waals surface area contributed by atoms with Crippen LogP contribution in [0.5, 0.6) is 5.75 Å². The fourth-order valence-corrected chi connectivity index (χ4v) is 4.49. The molecule has 0 saturated carbocycles. The third-order valence-corrected chi connectivity index (χ3v) is 7.07. The molecule has 1 saturated heterocycles. The number of rotatable bonds is 8. The van der Waals surface area contributed by atoms with E-state index in [1.165, 1.54) is 0 Å². The summed E-state index contributed by atoms with van der Waals surface area (Å²) in [6.45, 7) is 3.92. The van der Waals surface area contributed by atoms with E-state index in [-0.39, 0.29) is 12.0 Å². The Morgan fingerprint density at radius 2 is 1.66 bits per heavy atom. The maximum atomic E-state index is 12.9. The molecule has 1 amide bonds. The Bertz CT molecular complexity index is 1150. The second kappa shape index (κ2) is 12.1. The Kier molecular flexibility index (Phi) is 8.93. The molecule has 0 N–H and O–H groups in total. The van der Waals surface area contributed by atoms with Crippen molar-refractivity contribution >= 4 is 40.7 Å². The first-order valence-corrected chi connectivity index (χ1v) is 12.5. The molecule has 1 aliphatic rings. The van der Waals surface area contributed by atoms with E-state index < -0.39 is 0 Å². The van der Waals surface area contributed by atoms with Crippen LogP contribution in [0.1, 0.15) is 27.6 Å². The van der Waals surface area contributed by atoms with Gasteiger partial charge in [0.25, 0.3) is 5.91 Å². The average Bonchev–Trinajstić information content (AvgIpc) is 2.89. The minimum atomic E-state index is -0.143. The molecular weight excluding hydrogens is 507 g/mol. The first kappa shape index (κ1) is 25.8. The highest BCUT2D eigenvalue weighted by Gasteiger charge is 2.25. The number of carbonyl (C=O) groups excluding carboxylic acids is 1. The molecule has 0 unspecified atom stereocenters. The molecule has 1 heterocycles. The Morgan fingerprint density at radius 1 is 0.914 bits per heavy atom. The number of nitrogens with zero attached hydrogens (tertiary/aromatic N) is 2. The average molecular weight is 534 g/mol. The van der Waals surface area contributed by atoms with Crippen LogP contribution in [0.2, 0.25) is 15.1 Å². The van der Waals surface area contributed by atoms with Crippen LogP contribution in [0.15, 0.2) is 66.7 Å². The Labute approximate surface area is 221 Å². The van der Waals surface area contributed by atoms with E-state index in [9.17, 15) is 4.79 Å². The van der Waals surface area contributed by atoms with Gasteiger partial charge in [0.05, 0.1) is 29.9 Å². The molecule has 184 valence electrons. The number of benzene rings is 3. The normalized spacial score (nSPS) is 15.1. The Balaban J connectivity index is 1.39. The molecule has 0 aromatic heterocycles. The number of piperazine rings is 1. The lowest BCUT2D eigenvalue weighted by Gasteiger charge is -2.36. The van der Waals surface area contributed by atoms with Crippen molar-refractivity contribution in [2.45, 2.75) is 12.7 Å². The molecule has 5 nitrogen and oxygen atoms in total. The van der Waals surface area contributed by atoms with E-state index in [1.807, 2.05) is 53.4 Å². The monoisotopic (exact) mass is 532 g/mol. The summed E-state index contributed by atoms with van der Waals surface area (Å²) in [4.78, 5) is 17.1. The first-order valence-electron chi connectivity index (χ1n) is 11.4. The number of amides is 1. The van der Waals surface area contributed by atoms with Gasteiger partial charge in [0.15, 0.2) is 0 Å². The predicted molar refractivity (Wildman–Crippen MR) is 141 cm³/mol. The van der Waals surface area contributed by atoms with Crippen molar-refractivity contribution in [3.8, 4) is 5.75 Å². The van der Waals surface area contributed by atoms with Crippen LogP contribution in [-0.4, -0.2) is 55.5 Å². The Hall–Kier alpha value is -2.28. The van der Waals surface area contributed by atoms with E-state index >= 15 is 0 Å². The van der Waals surface area contributed by atoms with Crippen LogP contribution >= 0.6 is 34.8 Å². The van der Waals surface area contributed by atoms with Gasteiger partial charge in [0, 0.05) is 43.3 Å². The highest BCUT2D eigenvalue weighted by atomic mass is 35.5. The summed E-state index contributed by atoms with van der Waals surface area (Å²) in [5, 5.41) is 1.51. The summed E-state index contributed by atoms with van der Waals surface area (Å²) in [5.41, 5.74) is 2.65. The van der Waals surface area contributed by atoms with Crippen LogP contribution in [0, 0.1) is 0 Å². The number of carbonyl (C=O) groups is 1. The van der Waals surface area contributed by atoms with Crippen molar-refractivity contribution in [3.05, 3.63) is 98.5 Å². The fourth-order valence-electron chi connectivity index (χ4n) is 4.07. The van der Waals surface area contributed by atoms with E-state index in [0.717, 1.165) is 30.0 Å². The van der Waals surface area contributed by atoms with Gasteiger partial charge in [0.1, 0.15) is 5.75 Å². The summed E-state index contributed by atoms with van der Waals surface area (Å²) in [7, 11) is 1.66. The van der Waals surface area contributed by atoms with Gasteiger partial charge >= 0.3 is 0 Å². The van der Waals surface area contributed by atoms with E-state index in [0.29, 0.717) is 46.9 Å². The van der Waals surface area contributed by atoms with Crippen LogP contribution in [-0.2, 0) is 11.3 Å². The zero-order valence-electron chi connectivity index (χ0n) is 19.4. The van der Waals surface area contributed by atoms with Gasteiger partial charge in [0.2, 0.25) is 0 Å². The second-order valence-electron chi connectivity index (χ2n) is 8.42. The van der Waals surface area contributed by atoms with Crippen LogP contribution < -0.4 is 4.74 Å². The first-order chi connectivity index (χ1) is 16.9. The Morgan fingerprint density at radius 3 is 2.34 bits per heavy atom. The van der Waals surface area contributed by atoms with Crippen LogP contribution in [0.4, 0.5) is 0 Å². The van der Waals surface area contributed by atoms with E-state index in [1.54, 1.807) is 25.3 Å². The van der Waals surface area contributed by atoms with Gasteiger partial charge in [-0.1, -0.05) is 59.1 Å². The van der Waals surface area contributed by atoms with Gasteiger partial charge in [-0.3, -0.25) is 9.69 Å². The number of hydrogen-bond acceptors (Lipinski definition) is 4. The number of halogens is 3. The molecule has 3 aromatic carbocycles. The summed E-state index contributed by atoms with van der Waals surface area (Å²) in [5.74, 6) is 0.767. The smallest absolute Gasteiger partial charge is 0.253 e. The zero-order chi connectivity index (χ0) is 24.8. The molecule has 0 spiro atoms. The summed E-state index contributed by atoms with van der Waals surface area (Å²) in [6, 6.07) is 20.6.